The molecular formula is C11H13ClO3S. The Morgan fingerprint density at radius 1 is 1.50 bits per heavy atom. The maximum Gasteiger partial charge on any atom is 0.337 e. The van der Waals surface area contributed by atoms with Crippen molar-refractivity contribution in [3.8, 4) is 0 Å². The maximum absolute atomic E-state index is 10.8. The third kappa shape index (κ3) is 4.04. The molecule has 0 amide bonds. The van der Waals surface area contributed by atoms with Crippen LogP contribution in [0.25, 0.3) is 0 Å². The Bertz CT molecular complexity index is 399. The molecule has 0 aliphatic carbocycles. The van der Waals surface area contributed by atoms with Crippen molar-refractivity contribution in [2.75, 3.05) is 5.75 Å². The fourth-order valence-corrected chi connectivity index (χ4v) is 2.10. The molecule has 0 heterocycles. The van der Waals surface area contributed by atoms with Gasteiger partial charge in [-0.05, 0) is 32.0 Å². The van der Waals surface area contributed by atoms with Gasteiger partial charge in [-0.25, -0.2) is 4.79 Å². The lowest BCUT2D eigenvalue weighted by atomic mass is 10.2. The van der Waals surface area contributed by atoms with Gasteiger partial charge in [0.15, 0.2) is 0 Å². The van der Waals surface area contributed by atoms with Crippen LogP contribution >= 0.6 is 23.4 Å². The number of carboxylic acids is 1. The summed E-state index contributed by atoms with van der Waals surface area (Å²) in [6.07, 6.45) is 0. The zero-order valence-electron chi connectivity index (χ0n) is 9.03. The van der Waals surface area contributed by atoms with Gasteiger partial charge in [-0.3, -0.25) is 0 Å². The molecule has 16 heavy (non-hydrogen) atoms. The fourth-order valence-electron chi connectivity index (χ4n) is 1.02. The van der Waals surface area contributed by atoms with Gasteiger partial charge < -0.3 is 10.2 Å². The first-order chi connectivity index (χ1) is 7.29. The molecule has 0 saturated carbocycles. The van der Waals surface area contributed by atoms with E-state index < -0.39 is 11.6 Å². The molecule has 0 aromatic heterocycles. The SMILES string of the molecule is CC(C)(O)CSc1ccc(Cl)c(C(=O)O)c1. The topological polar surface area (TPSA) is 57.5 Å². The zero-order valence-corrected chi connectivity index (χ0v) is 10.6. The van der Waals surface area contributed by atoms with E-state index in [9.17, 15) is 9.90 Å². The predicted molar refractivity (Wildman–Crippen MR) is 65.4 cm³/mol. The average molecular weight is 261 g/mol. The highest BCUT2D eigenvalue weighted by atomic mass is 35.5. The molecule has 0 atom stereocenters. The minimum atomic E-state index is -1.05. The summed E-state index contributed by atoms with van der Waals surface area (Å²) in [7, 11) is 0. The molecule has 3 nitrogen and oxygen atoms in total. The third-order valence-corrected chi connectivity index (χ3v) is 3.53. The molecule has 0 radical (unpaired) electrons. The lowest BCUT2D eigenvalue weighted by Crippen LogP contribution is -2.21. The highest BCUT2D eigenvalue weighted by molar-refractivity contribution is 7.99. The maximum atomic E-state index is 10.8. The lowest BCUT2D eigenvalue weighted by Gasteiger charge is -2.16. The first-order valence-corrected chi connectivity index (χ1v) is 6.04. The van der Waals surface area contributed by atoms with Crippen molar-refractivity contribution < 1.29 is 15.0 Å². The van der Waals surface area contributed by atoms with Crippen LogP contribution in [0.2, 0.25) is 5.02 Å². The van der Waals surface area contributed by atoms with E-state index in [2.05, 4.69) is 0 Å². The number of thioether (sulfide) groups is 1. The predicted octanol–water partition coefficient (Wildman–Crippen LogP) is 2.90. The first kappa shape index (κ1) is 13.4. The third-order valence-electron chi connectivity index (χ3n) is 1.76. The van der Waals surface area contributed by atoms with Crippen molar-refractivity contribution in [3.05, 3.63) is 28.8 Å². The number of carboxylic acid groups (broad SMARTS) is 1. The second-order valence-corrected chi connectivity index (χ2v) is 5.50. The number of aromatic carboxylic acids is 1. The molecule has 88 valence electrons. The molecule has 0 bridgehead atoms. The van der Waals surface area contributed by atoms with E-state index in [0.717, 1.165) is 4.90 Å². The molecule has 0 spiro atoms. The van der Waals surface area contributed by atoms with Crippen molar-refractivity contribution in [2.24, 2.45) is 0 Å². The van der Waals surface area contributed by atoms with Gasteiger partial charge in [0.25, 0.3) is 0 Å². The Hall–Kier alpha value is -0.710. The molecule has 0 aliphatic heterocycles. The highest BCUT2D eigenvalue weighted by Gasteiger charge is 2.14. The van der Waals surface area contributed by atoms with Crippen molar-refractivity contribution in [2.45, 2.75) is 24.3 Å². The Kier molecular flexibility index (Phi) is 4.24. The first-order valence-electron chi connectivity index (χ1n) is 4.67. The van der Waals surface area contributed by atoms with Crippen LogP contribution in [0.1, 0.15) is 24.2 Å². The minimum Gasteiger partial charge on any atom is -0.478 e. The number of benzene rings is 1. The average Bonchev–Trinajstić information content (AvgIpc) is 2.14. The van der Waals surface area contributed by atoms with Crippen LogP contribution < -0.4 is 0 Å². The van der Waals surface area contributed by atoms with Gasteiger partial charge in [-0.1, -0.05) is 11.6 Å². The standard InChI is InChI=1S/C11H13ClO3S/c1-11(2,15)6-16-7-3-4-9(12)8(5-7)10(13)14/h3-5,15H,6H2,1-2H3,(H,13,14). The molecule has 0 saturated heterocycles. The van der Waals surface area contributed by atoms with Gasteiger partial charge >= 0.3 is 5.97 Å². The number of carbonyl (C=O) groups is 1. The van der Waals surface area contributed by atoms with E-state index in [-0.39, 0.29) is 10.6 Å². The van der Waals surface area contributed by atoms with Crippen LogP contribution in [0.5, 0.6) is 0 Å². The molecule has 5 heteroatoms. The molecule has 0 unspecified atom stereocenters. The van der Waals surface area contributed by atoms with Crippen molar-refractivity contribution in [1.29, 1.82) is 0 Å². The number of hydrogen-bond donors (Lipinski definition) is 2. The van der Waals surface area contributed by atoms with Gasteiger partial charge in [0.05, 0.1) is 16.2 Å². The van der Waals surface area contributed by atoms with Crippen molar-refractivity contribution >= 4 is 29.3 Å². The van der Waals surface area contributed by atoms with Crippen molar-refractivity contribution in [1.82, 2.24) is 0 Å². The van der Waals surface area contributed by atoms with Crippen LogP contribution in [0.4, 0.5) is 0 Å². The van der Waals surface area contributed by atoms with E-state index in [1.165, 1.54) is 17.8 Å². The van der Waals surface area contributed by atoms with Crippen LogP contribution in [-0.4, -0.2) is 27.5 Å². The highest BCUT2D eigenvalue weighted by Crippen LogP contribution is 2.26. The monoisotopic (exact) mass is 260 g/mol. The van der Waals surface area contributed by atoms with E-state index in [1.54, 1.807) is 26.0 Å². The summed E-state index contributed by atoms with van der Waals surface area (Å²) in [6, 6.07) is 4.81. The minimum absolute atomic E-state index is 0.0856. The fraction of sp³-hybridized carbons (Fsp3) is 0.364. The van der Waals surface area contributed by atoms with Crippen molar-refractivity contribution in [3.63, 3.8) is 0 Å². The summed E-state index contributed by atoms with van der Waals surface area (Å²) in [5, 5.41) is 18.6. The summed E-state index contributed by atoms with van der Waals surface area (Å²) >= 11 is 7.14. The van der Waals surface area contributed by atoms with Crippen LogP contribution in [-0.2, 0) is 0 Å². The van der Waals surface area contributed by atoms with Gasteiger partial charge in [0.1, 0.15) is 0 Å². The molecular weight excluding hydrogens is 248 g/mol. The lowest BCUT2D eigenvalue weighted by molar-refractivity contribution is 0.0696. The quantitative estimate of drug-likeness (QED) is 0.818. The summed E-state index contributed by atoms with van der Waals surface area (Å²) in [4.78, 5) is 11.6. The summed E-state index contributed by atoms with van der Waals surface area (Å²) < 4.78 is 0. The van der Waals surface area contributed by atoms with Crippen LogP contribution in [0.15, 0.2) is 23.1 Å². The number of rotatable bonds is 4. The summed E-state index contributed by atoms with van der Waals surface area (Å²) in [5.74, 6) is -0.552. The Morgan fingerprint density at radius 3 is 2.62 bits per heavy atom. The largest absolute Gasteiger partial charge is 0.478 e. The van der Waals surface area contributed by atoms with E-state index in [1.807, 2.05) is 0 Å². The Morgan fingerprint density at radius 2 is 2.12 bits per heavy atom. The van der Waals surface area contributed by atoms with Crippen LogP contribution in [0.3, 0.4) is 0 Å². The van der Waals surface area contributed by atoms with Gasteiger partial charge in [-0.2, -0.15) is 0 Å². The number of hydrogen-bond acceptors (Lipinski definition) is 3. The van der Waals surface area contributed by atoms with Gasteiger partial charge in [-0.15, -0.1) is 11.8 Å². The molecule has 2 N–H and O–H groups in total. The smallest absolute Gasteiger partial charge is 0.337 e. The van der Waals surface area contributed by atoms with Crippen LogP contribution in [0, 0.1) is 0 Å². The van der Waals surface area contributed by atoms with E-state index in [0.29, 0.717) is 5.75 Å². The number of aliphatic hydroxyl groups is 1. The van der Waals surface area contributed by atoms with E-state index >= 15 is 0 Å². The second-order valence-electron chi connectivity index (χ2n) is 4.05. The summed E-state index contributed by atoms with van der Waals surface area (Å²) in [5.41, 5.74) is -0.698. The second kappa shape index (κ2) is 5.08. The molecule has 1 aromatic rings. The molecule has 0 aliphatic rings. The number of halogens is 1. The molecule has 0 fully saturated rings. The Labute approximate surface area is 103 Å². The van der Waals surface area contributed by atoms with E-state index in [4.69, 9.17) is 16.7 Å². The Balaban J connectivity index is 2.83. The normalized spacial score (nSPS) is 11.5. The molecule has 1 aromatic carbocycles. The van der Waals surface area contributed by atoms with Gasteiger partial charge in [0.2, 0.25) is 0 Å². The summed E-state index contributed by atoms with van der Waals surface area (Å²) in [6.45, 7) is 3.40. The zero-order chi connectivity index (χ0) is 12.3. The molecule has 1 rings (SSSR count). The van der Waals surface area contributed by atoms with Gasteiger partial charge in [0, 0.05) is 10.6 Å².